The molecule has 1 unspecified atom stereocenters. The quantitative estimate of drug-likeness (QED) is 0.590. The van der Waals surface area contributed by atoms with Gasteiger partial charge in [0.05, 0.1) is 0 Å². The van der Waals surface area contributed by atoms with Crippen LogP contribution < -0.4 is 4.74 Å². The highest BCUT2D eigenvalue weighted by Gasteiger charge is 2.32. The van der Waals surface area contributed by atoms with Gasteiger partial charge in [0.2, 0.25) is 0 Å². The predicted molar refractivity (Wildman–Crippen MR) is 54.0 cm³/mol. The van der Waals surface area contributed by atoms with E-state index in [-0.39, 0.29) is 5.41 Å². The van der Waals surface area contributed by atoms with Gasteiger partial charge < -0.3 is 4.74 Å². The Morgan fingerprint density at radius 3 is 2.54 bits per heavy atom. The Hall–Kier alpha value is -0.980. The van der Waals surface area contributed by atoms with Crippen molar-refractivity contribution in [1.29, 1.82) is 0 Å². The minimum atomic E-state index is 0.235. The largest absolute Gasteiger partial charge is 0.489 e. The molecule has 1 heterocycles. The van der Waals surface area contributed by atoms with E-state index in [1.54, 1.807) is 0 Å². The first-order valence-corrected chi connectivity index (χ1v) is 4.82. The van der Waals surface area contributed by atoms with Gasteiger partial charge in [0.1, 0.15) is 11.9 Å². The number of para-hydroxylation sites is 1. The predicted octanol–water partition coefficient (Wildman–Crippen LogP) is 3.04. The average molecular weight is 176 g/mol. The second kappa shape index (κ2) is 2.76. The summed E-state index contributed by atoms with van der Waals surface area (Å²) in [6, 6.07) is 8.32. The molecule has 0 fully saturated rings. The Balaban J connectivity index is 2.23. The molecule has 0 amide bonds. The lowest BCUT2D eigenvalue weighted by molar-refractivity contribution is 0.109. The van der Waals surface area contributed by atoms with E-state index in [1.165, 1.54) is 5.56 Å². The summed E-state index contributed by atoms with van der Waals surface area (Å²) >= 11 is 0. The van der Waals surface area contributed by atoms with Crippen LogP contribution in [0.1, 0.15) is 26.3 Å². The van der Waals surface area contributed by atoms with E-state index >= 15 is 0 Å². The highest BCUT2D eigenvalue weighted by atomic mass is 16.5. The lowest BCUT2D eigenvalue weighted by atomic mass is 9.87. The van der Waals surface area contributed by atoms with E-state index in [0.29, 0.717) is 6.10 Å². The molecule has 1 aromatic carbocycles. The zero-order valence-corrected chi connectivity index (χ0v) is 8.50. The normalized spacial score (nSPS) is 21.0. The molecule has 0 bridgehead atoms. The maximum Gasteiger partial charge on any atom is 0.123 e. The van der Waals surface area contributed by atoms with Crippen LogP contribution in [0.25, 0.3) is 0 Å². The van der Waals surface area contributed by atoms with Crippen LogP contribution in [0, 0.1) is 5.41 Å². The SMILES string of the molecule is CC(C)(C)C1Cc2ccccc2O1. The van der Waals surface area contributed by atoms with Crippen molar-refractivity contribution in [3.05, 3.63) is 29.8 Å². The third kappa shape index (κ3) is 1.55. The molecule has 0 aliphatic carbocycles. The minimum Gasteiger partial charge on any atom is -0.489 e. The van der Waals surface area contributed by atoms with Gasteiger partial charge in [-0.15, -0.1) is 0 Å². The third-order valence-corrected chi connectivity index (χ3v) is 2.61. The van der Waals surface area contributed by atoms with Gasteiger partial charge in [-0.3, -0.25) is 0 Å². The van der Waals surface area contributed by atoms with E-state index < -0.39 is 0 Å². The van der Waals surface area contributed by atoms with Crippen molar-refractivity contribution in [1.82, 2.24) is 0 Å². The van der Waals surface area contributed by atoms with Gasteiger partial charge >= 0.3 is 0 Å². The van der Waals surface area contributed by atoms with Crippen LogP contribution in [0.3, 0.4) is 0 Å². The van der Waals surface area contributed by atoms with Gasteiger partial charge in [-0.1, -0.05) is 39.0 Å². The number of hydrogen-bond donors (Lipinski definition) is 0. The molecule has 13 heavy (non-hydrogen) atoms. The van der Waals surface area contributed by atoms with Gasteiger partial charge in [-0.25, -0.2) is 0 Å². The van der Waals surface area contributed by atoms with E-state index in [1.807, 2.05) is 6.07 Å². The molecule has 1 aromatic rings. The summed E-state index contributed by atoms with van der Waals surface area (Å²) in [6.07, 6.45) is 1.39. The molecule has 0 aromatic heterocycles. The summed E-state index contributed by atoms with van der Waals surface area (Å²) in [7, 11) is 0. The van der Waals surface area contributed by atoms with Crippen molar-refractivity contribution in [2.24, 2.45) is 5.41 Å². The maximum absolute atomic E-state index is 5.87. The zero-order chi connectivity index (χ0) is 9.47. The number of ether oxygens (including phenoxy) is 1. The molecule has 0 radical (unpaired) electrons. The van der Waals surface area contributed by atoms with Crippen molar-refractivity contribution in [2.45, 2.75) is 33.3 Å². The van der Waals surface area contributed by atoms with Crippen LogP contribution in [0.4, 0.5) is 0 Å². The molecule has 1 heteroatoms. The summed E-state index contributed by atoms with van der Waals surface area (Å²) in [4.78, 5) is 0. The highest BCUT2D eigenvalue weighted by molar-refractivity contribution is 5.37. The Morgan fingerprint density at radius 2 is 1.92 bits per heavy atom. The molecule has 1 aliphatic rings. The van der Waals surface area contributed by atoms with Crippen molar-refractivity contribution in [3.63, 3.8) is 0 Å². The van der Waals surface area contributed by atoms with Crippen LogP contribution in [-0.2, 0) is 6.42 Å². The van der Waals surface area contributed by atoms with Crippen molar-refractivity contribution in [2.75, 3.05) is 0 Å². The third-order valence-electron chi connectivity index (χ3n) is 2.61. The number of fused-ring (bicyclic) bond motifs is 1. The maximum atomic E-state index is 5.87. The van der Waals surface area contributed by atoms with Crippen molar-refractivity contribution >= 4 is 0 Å². The Kier molecular flexibility index (Phi) is 1.83. The summed E-state index contributed by atoms with van der Waals surface area (Å²) < 4.78 is 5.87. The summed E-state index contributed by atoms with van der Waals surface area (Å²) in [5.41, 5.74) is 1.58. The fourth-order valence-corrected chi connectivity index (χ4v) is 1.67. The summed E-state index contributed by atoms with van der Waals surface area (Å²) in [5.74, 6) is 1.07. The molecular formula is C12H16O. The van der Waals surface area contributed by atoms with Gasteiger partial charge in [0, 0.05) is 6.42 Å². The van der Waals surface area contributed by atoms with Gasteiger partial charge in [0.25, 0.3) is 0 Å². The van der Waals surface area contributed by atoms with Gasteiger partial charge in [-0.05, 0) is 17.0 Å². The van der Waals surface area contributed by atoms with E-state index in [4.69, 9.17) is 4.74 Å². The molecule has 0 saturated carbocycles. The zero-order valence-electron chi connectivity index (χ0n) is 8.50. The molecule has 1 aliphatic heterocycles. The van der Waals surface area contributed by atoms with Crippen LogP contribution in [-0.4, -0.2) is 6.10 Å². The molecule has 1 nitrogen and oxygen atoms in total. The second-order valence-electron chi connectivity index (χ2n) is 4.78. The van der Waals surface area contributed by atoms with Crippen LogP contribution in [0.15, 0.2) is 24.3 Å². The molecule has 1 atom stereocenters. The van der Waals surface area contributed by atoms with Crippen LogP contribution in [0.2, 0.25) is 0 Å². The Labute approximate surface area is 79.7 Å². The molecular weight excluding hydrogens is 160 g/mol. The smallest absolute Gasteiger partial charge is 0.123 e. The minimum absolute atomic E-state index is 0.235. The standard InChI is InChI=1S/C12H16O/c1-12(2,3)11-8-9-6-4-5-7-10(9)13-11/h4-7,11H,8H2,1-3H3. The fraction of sp³-hybridized carbons (Fsp3) is 0.500. The van der Waals surface area contributed by atoms with Crippen LogP contribution >= 0.6 is 0 Å². The molecule has 2 rings (SSSR count). The van der Waals surface area contributed by atoms with Crippen molar-refractivity contribution < 1.29 is 4.74 Å². The second-order valence-corrected chi connectivity index (χ2v) is 4.78. The highest BCUT2D eigenvalue weighted by Crippen LogP contribution is 2.35. The summed E-state index contributed by atoms with van der Waals surface area (Å²) in [6.45, 7) is 6.68. The Bertz CT molecular complexity index is 284. The van der Waals surface area contributed by atoms with E-state index in [2.05, 4.69) is 39.0 Å². The monoisotopic (exact) mass is 176 g/mol. The molecule has 0 spiro atoms. The first kappa shape index (κ1) is 8.61. The van der Waals surface area contributed by atoms with Gasteiger partial charge in [-0.2, -0.15) is 0 Å². The van der Waals surface area contributed by atoms with Gasteiger partial charge in [0.15, 0.2) is 0 Å². The van der Waals surface area contributed by atoms with E-state index in [0.717, 1.165) is 12.2 Å². The fourth-order valence-electron chi connectivity index (χ4n) is 1.67. The lowest BCUT2D eigenvalue weighted by Gasteiger charge is -2.25. The topological polar surface area (TPSA) is 9.23 Å². The summed E-state index contributed by atoms with van der Waals surface area (Å²) in [5, 5.41) is 0. The van der Waals surface area contributed by atoms with E-state index in [9.17, 15) is 0 Å². The first-order chi connectivity index (χ1) is 6.07. The molecule has 70 valence electrons. The lowest BCUT2D eigenvalue weighted by Crippen LogP contribution is -2.30. The van der Waals surface area contributed by atoms with Crippen molar-refractivity contribution in [3.8, 4) is 5.75 Å². The van der Waals surface area contributed by atoms with Crippen LogP contribution in [0.5, 0.6) is 5.75 Å². The Morgan fingerprint density at radius 1 is 1.23 bits per heavy atom. The first-order valence-electron chi connectivity index (χ1n) is 4.82. The average Bonchev–Trinajstić information content (AvgIpc) is 2.45. The number of hydrogen-bond acceptors (Lipinski definition) is 1. The number of benzene rings is 1. The number of rotatable bonds is 0. The molecule has 0 saturated heterocycles. The molecule has 0 N–H and O–H groups in total.